The molecule has 0 bridgehead atoms. The molecule has 0 heterocycles. The van der Waals surface area contributed by atoms with Gasteiger partial charge < -0.3 is 10.4 Å². The highest BCUT2D eigenvalue weighted by atomic mass is 16.4. The molecule has 1 aromatic carbocycles. The number of aryl methyl sites for hydroxylation is 1. The van der Waals surface area contributed by atoms with E-state index in [-0.39, 0.29) is 6.42 Å². The molecular formula is C15H21NO2. The molecule has 0 aliphatic heterocycles. The van der Waals surface area contributed by atoms with Crippen molar-refractivity contribution in [3.63, 3.8) is 0 Å². The lowest BCUT2D eigenvalue weighted by Gasteiger charge is -2.25. The summed E-state index contributed by atoms with van der Waals surface area (Å²) < 4.78 is 0. The minimum atomic E-state index is -0.771. The van der Waals surface area contributed by atoms with Crippen LogP contribution < -0.4 is 5.32 Å². The van der Waals surface area contributed by atoms with E-state index in [4.69, 9.17) is 5.11 Å². The molecule has 3 nitrogen and oxygen atoms in total. The maximum atomic E-state index is 10.9. The van der Waals surface area contributed by atoms with Crippen LogP contribution in [-0.4, -0.2) is 17.1 Å². The second-order valence-corrected chi connectivity index (χ2v) is 5.21. The average Bonchev–Trinajstić information content (AvgIpc) is 2.33. The quantitative estimate of drug-likeness (QED) is 0.857. The Hall–Kier alpha value is -1.51. The first-order chi connectivity index (χ1) is 8.65. The van der Waals surface area contributed by atoms with E-state index in [1.165, 1.54) is 32.1 Å². The second kappa shape index (κ2) is 5.89. The van der Waals surface area contributed by atoms with Gasteiger partial charge in [0.05, 0.1) is 6.42 Å². The third-order valence-corrected chi connectivity index (χ3v) is 3.57. The van der Waals surface area contributed by atoms with Crippen molar-refractivity contribution < 1.29 is 9.90 Å². The molecule has 0 spiro atoms. The molecule has 1 saturated carbocycles. The number of aliphatic carboxylic acids is 1. The number of carboxylic acid groups (broad SMARTS) is 1. The number of nitrogens with one attached hydrogen (secondary N) is 1. The van der Waals surface area contributed by atoms with Crippen LogP contribution in [0.5, 0.6) is 0 Å². The van der Waals surface area contributed by atoms with E-state index in [1.54, 1.807) is 0 Å². The zero-order valence-electron chi connectivity index (χ0n) is 10.9. The molecule has 1 aliphatic carbocycles. The largest absolute Gasteiger partial charge is 0.481 e. The van der Waals surface area contributed by atoms with Crippen LogP contribution in [0.15, 0.2) is 18.2 Å². The summed E-state index contributed by atoms with van der Waals surface area (Å²) in [6.07, 6.45) is 6.36. The highest BCUT2D eigenvalue weighted by Gasteiger charge is 2.15. The second-order valence-electron chi connectivity index (χ2n) is 5.21. The van der Waals surface area contributed by atoms with E-state index in [2.05, 4.69) is 5.32 Å². The van der Waals surface area contributed by atoms with Crippen LogP contribution in [0.2, 0.25) is 0 Å². The number of hydrogen-bond acceptors (Lipinski definition) is 2. The van der Waals surface area contributed by atoms with Crippen LogP contribution in [-0.2, 0) is 11.2 Å². The number of benzene rings is 1. The third kappa shape index (κ3) is 3.49. The van der Waals surface area contributed by atoms with Gasteiger partial charge in [0.2, 0.25) is 0 Å². The van der Waals surface area contributed by atoms with Crippen molar-refractivity contribution in [1.29, 1.82) is 0 Å². The molecule has 2 N–H and O–H groups in total. The van der Waals surface area contributed by atoms with Gasteiger partial charge >= 0.3 is 5.97 Å². The Labute approximate surface area is 108 Å². The van der Waals surface area contributed by atoms with Gasteiger partial charge in [0.25, 0.3) is 0 Å². The van der Waals surface area contributed by atoms with Crippen molar-refractivity contribution in [2.45, 2.75) is 51.5 Å². The topological polar surface area (TPSA) is 49.3 Å². The lowest BCUT2D eigenvalue weighted by molar-refractivity contribution is -0.136. The fourth-order valence-corrected chi connectivity index (χ4v) is 2.64. The fraction of sp³-hybridized carbons (Fsp3) is 0.533. The predicted molar refractivity (Wildman–Crippen MR) is 73.0 cm³/mol. The van der Waals surface area contributed by atoms with E-state index in [9.17, 15) is 4.79 Å². The minimum absolute atomic E-state index is 0.0940. The van der Waals surface area contributed by atoms with Crippen LogP contribution in [0.4, 0.5) is 5.69 Å². The van der Waals surface area contributed by atoms with Gasteiger partial charge in [0.15, 0.2) is 0 Å². The van der Waals surface area contributed by atoms with Gasteiger partial charge in [-0.05, 0) is 31.4 Å². The molecule has 98 valence electrons. The highest BCUT2D eigenvalue weighted by Crippen LogP contribution is 2.24. The molecule has 18 heavy (non-hydrogen) atoms. The minimum Gasteiger partial charge on any atom is -0.481 e. The third-order valence-electron chi connectivity index (χ3n) is 3.57. The first-order valence-corrected chi connectivity index (χ1v) is 6.73. The van der Waals surface area contributed by atoms with Gasteiger partial charge in [-0.2, -0.15) is 0 Å². The molecule has 0 unspecified atom stereocenters. The fourth-order valence-electron chi connectivity index (χ4n) is 2.64. The summed E-state index contributed by atoms with van der Waals surface area (Å²) in [6.45, 7) is 2.00. The molecule has 0 saturated heterocycles. The van der Waals surface area contributed by atoms with Crippen LogP contribution in [0.3, 0.4) is 0 Å². The number of carbonyl (C=O) groups is 1. The van der Waals surface area contributed by atoms with Crippen molar-refractivity contribution >= 4 is 11.7 Å². The molecule has 0 radical (unpaired) electrons. The Morgan fingerprint density at radius 2 is 2.06 bits per heavy atom. The van der Waals surface area contributed by atoms with Crippen LogP contribution >= 0.6 is 0 Å². The van der Waals surface area contributed by atoms with Crippen molar-refractivity contribution in [3.05, 3.63) is 29.3 Å². The van der Waals surface area contributed by atoms with Crippen molar-refractivity contribution in [3.8, 4) is 0 Å². The highest BCUT2D eigenvalue weighted by molar-refractivity contribution is 5.73. The summed E-state index contributed by atoms with van der Waals surface area (Å²) in [5.41, 5.74) is 3.00. The zero-order chi connectivity index (χ0) is 13.0. The molecule has 1 fully saturated rings. The first kappa shape index (κ1) is 12.9. The number of hydrogen-bond donors (Lipinski definition) is 2. The molecule has 1 aromatic rings. The van der Waals surface area contributed by atoms with Gasteiger partial charge in [-0.25, -0.2) is 0 Å². The predicted octanol–water partition coefficient (Wildman–Crippen LogP) is 3.37. The van der Waals surface area contributed by atoms with Gasteiger partial charge in [-0.15, -0.1) is 0 Å². The monoisotopic (exact) mass is 247 g/mol. The average molecular weight is 247 g/mol. The summed E-state index contributed by atoms with van der Waals surface area (Å²) in [4.78, 5) is 10.9. The zero-order valence-corrected chi connectivity index (χ0v) is 10.9. The maximum Gasteiger partial charge on any atom is 0.307 e. The van der Waals surface area contributed by atoms with Crippen molar-refractivity contribution in [2.75, 3.05) is 5.32 Å². The number of carboxylic acids is 1. The molecule has 1 aliphatic rings. The first-order valence-electron chi connectivity index (χ1n) is 6.73. The lowest BCUT2D eigenvalue weighted by atomic mass is 9.94. The Bertz CT molecular complexity index is 423. The molecule has 0 atom stereocenters. The number of anilines is 1. The standard InChI is InChI=1S/C15H21NO2/c1-11-7-8-14(12(9-11)10-15(17)18)16-13-5-3-2-4-6-13/h7-9,13,16H,2-6,10H2,1H3,(H,17,18). The van der Waals surface area contributed by atoms with Gasteiger partial charge in [0, 0.05) is 11.7 Å². The number of rotatable bonds is 4. The summed E-state index contributed by atoms with van der Waals surface area (Å²) >= 11 is 0. The van der Waals surface area contributed by atoms with Gasteiger partial charge in [0.1, 0.15) is 0 Å². The maximum absolute atomic E-state index is 10.9. The van der Waals surface area contributed by atoms with E-state index >= 15 is 0 Å². The van der Waals surface area contributed by atoms with Crippen molar-refractivity contribution in [2.24, 2.45) is 0 Å². The van der Waals surface area contributed by atoms with E-state index in [1.807, 2.05) is 25.1 Å². The van der Waals surface area contributed by atoms with Gasteiger partial charge in [-0.1, -0.05) is 37.0 Å². The molecule has 0 amide bonds. The van der Waals surface area contributed by atoms with E-state index in [0.29, 0.717) is 6.04 Å². The molecular weight excluding hydrogens is 226 g/mol. The lowest BCUT2D eigenvalue weighted by Crippen LogP contribution is -2.23. The Kier molecular flexibility index (Phi) is 4.24. The summed E-state index contributed by atoms with van der Waals surface area (Å²) in [5.74, 6) is -0.771. The smallest absolute Gasteiger partial charge is 0.307 e. The van der Waals surface area contributed by atoms with E-state index < -0.39 is 5.97 Å². The Morgan fingerprint density at radius 3 is 2.72 bits per heavy atom. The summed E-state index contributed by atoms with van der Waals surface area (Å²) in [7, 11) is 0. The van der Waals surface area contributed by atoms with E-state index in [0.717, 1.165) is 16.8 Å². The normalized spacial score (nSPS) is 16.5. The van der Waals surface area contributed by atoms with Crippen LogP contribution in [0.1, 0.15) is 43.2 Å². The Balaban J connectivity index is 2.12. The van der Waals surface area contributed by atoms with Gasteiger partial charge in [-0.3, -0.25) is 4.79 Å². The summed E-state index contributed by atoms with van der Waals surface area (Å²) in [5, 5.41) is 12.5. The molecule has 3 heteroatoms. The molecule has 2 rings (SSSR count). The Morgan fingerprint density at radius 1 is 1.33 bits per heavy atom. The van der Waals surface area contributed by atoms with Crippen LogP contribution in [0.25, 0.3) is 0 Å². The SMILES string of the molecule is Cc1ccc(NC2CCCCC2)c(CC(=O)O)c1. The van der Waals surface area contributed by atoms with Crippen LogP contribution in [0, 0.1) is 6.92 Å². The molecule has 0 aromatic heterocycles. The van der Waals surface area contributed by atoms with Crippen molar-refractivity contribution in [1.82, 2.24) is 0 Å². The summed E-state index contributed by atoms with van der Waals surface area (Å²) in [6, 6.07) is 6.53.